The van der Waals surface area contributed by atoms with Gasteiger partial charge in [-0.2, -0.15) is 0 Å². The van der Waals surface area contributed by atoms with Crippen molar-refractivity contribution < 1.29 is 19.3 Å². The van der Waals surface area contributed by atoms with Crippen LogP contribution in [0.1, 0.15) is 24.5 Å². The maximum atomic E-state index is 9.72. The quantitative estimate of drug-likeness (QED) is 0.919. The van der Waals surface area contributed by atoms with Gasteiger partial charge in [-0.15, -0.1) is 0 Å². The van der Waals surface area contributed by atoms with E-state index in [2.05, 4.69) is 0 Å². The largest absolute Gasteiger partial charge is 0.493 e. The predicted octanol–water partition coefficient (Wildman–Crippen LogP) is 2.57. The first kappa shape index (κ1) is 13.5. The highest BCUT2D eigenvalue weighted by Gasteiger charge is 2.27. The van der Waals surface area contributed by atoms with Crippen molar-refractivity contribution in [3.63, 3.8) is 0 Å². The summed E-state index contributed by atoms with van der Waals surface area (Å²) in [7, 11) is 3.14. The van der Waals surface area contributed by atoms with Gasteiger partial charge in [0.05, 0.1) is 26.4 Å². The van der Waals surface area contributed by atoms with Gasteiger partial charge in [-0.3, -0.25) is 0 Å². The summed E-state index contributed by atoms with van der Waals surface area (Å²) in [5.74, 6) is 1.18. The van der Waals surface area contributed by atoms with Gasteiger partial charge in [0.1, 0.15) is 0 Å². The molecule has 2 rings (SSSR count). The maximum Gasteiger partial charge on any atom is 0.166 e. The SMILES string of the molecule is COc1cc(Cl)cc(C2CC(O)CCO2)c1OC. The van der Waals surface area contributed by atoms with E-state index in [4.69, 9.17) is 25.8 Å². The molecule has 1 heterocycles. The summed E-state index contributed by atoms with van der Waals surface area (Å²) in [5.41, 5.74) is 0.820. The lowest BCUT2D eigenvalue weighted by Crippen LogP contribution is -2.23. The molecular formula is C13H17ClO4. The van der Waals surface area contributed by atoms with Crippen molar-refractivity contribution >= 4 is 11.6 Å². The zero-order valence-electron chi connectivity index (χ0n) is 10.5. The summed E-state index contributed by atoms with van der Waals surface area (Å²) >= 11 is 6.06. The van der Waals surface area contributed by atoms with Gasteiger partial charge in [0.15, 0.2) is 11.5 Å². The van der Waals surface area contributed by atoms with Gasteiger partial charge in [-0.1, -0.05) is 11.6 Å². The van der Waals surface area contributed by atoms with Crippen LogP contribution < -0.4 is 9.47 Å². The van der Waals surface area contributed by atoms with E-state index in [1.807, 2.05) is 0 Å². The van der Waals surface area contributed by atoms with Gasteiger partial charge in [0, 0.05) is 29.7 Å². The molecular weight excluding hydrogens is 256 g/mol. The van der Waals surface area contributed by atoms with Gasteiger partial charge in [0.2, 0.25) is 0 Å². The van der Waals surface area contributed by atoms with E-state index in [0.717, 1.165) is 5.56 Å². The molecule has 0 spiro atoms. The lowest BCUT2D eigenvalue weighted by Gasteiger charge is -2.28. The molecule has 2 atom stereocenters. The van der Waals surface area contributed by atoms with Crippen LogP contribution in [-0.4, -0.2) is 32.0 Å². The third kappa shape index (κ3) is 2.71. The highest BCUT2D eigenvalue weighted by molar-refractivity contribution is 6.30. The lowest BCUT2D eigenvalue weighted by atomic mass is 9.98. The first-order valence-corrected chi connectivity index (χ1v) is 6.24. The van der Waals surface area contributed by atoms with Crippen molar-refractivity contribution in [1.29, 1.82) is 0 Å². The first-order chi connectivity index (χ1) is 8.65. The molecule has 4 nitrogen and oxygen atoms in total. The molecule has 0 bridgehead atoms. The number of aliphatic hydroxyl groups is 1. The molecule has 1 N–H and O–H groups in total. The van der Waals surface area contributed by atoms with E-state index >= 15 is 0 Å². The number of aliphatic hydroxyl groups excluding tert-OH is 1. The Morgan fingerprint density at radius 1 is 1.33 bits per heavy atom. The summed E-state index contributed by atoms with van der Waals surface area (Å²) < 4.78 is 16.3. The number of ether oxygens (including phenoxy) is 3. The zero-order chi connectivity index (χ0) is 13.1. The molecule has 1 aromatic carbocycles. The van der Waals surface area contributed by atoms with Gasteiger partial charge in [-0.25, -0.2) is 0 Å². The van der Waals surface area contributed by atoms with Crippen molar-refractivity contribution in [2.24, 2.45) is 0 Å². The average Bonchev–Trinajstić information content (AvgIpc) is 2.37. The van der Waals surface area contributed by atoms with E-state index in [9.17, 15) is 5.11 Å². The summed E-state index contributed by atoms with van der Waals surface area (Å²) in [6.07, 6.45) is 0.644. The minimum Gasteiger partial charge on any atom is -0.493 e. The molecule has 1 aliphatic rings. The highest BCUT2D eigenvalue weighted by atomic mass is 35.5. The Hall–Kier alpha value is -0.970. The summed E-state index contributed by atoms with van der Waals surface area (Å²) in [6, 6.07) is 3.49. The van der Waals surface area contributed by atoms with Gasteiger partial charge >= 0.3 is 0 Å². The lowest BCUT2D eigenvalue weighted by molar-refractivity contribution is -0.0456. The van der Waals surface area contributed by atoms with Crippen molar-refractivity contribution in [3.05, 3.63) is 22.7 Å². The molecule has 0 aromatic heterocycles. The van der Waals surface area contributed by atoms with E-state index in [-0.39, 0.29) is 12.2 Å². The molecule has 0 amide bonds. The van der Waals surface area contributed by atoms with Gasteiger partial charge in [-0.05, 0) is 12.5 Å². The fraction of sp³-hybridized carbons (Fsp3) is 0.538. The number of benzene rings is 1. The van der Waals surface area contributed by atoms with Crippen LogP contribution in [-0.2, 0) is 4.74 Å². The average molecular weight is 273 g/mol. The highest BCUT2D eigenvalue weighted by Crippen LogP contribution is 2.41. The standard InChI is InChI=1S/C13H17ClO4/c1-16-12-6-8(14)5-10(13(12)17-2)11-7-9(15)3-4-18-11/h5-6,9,11,15H,3-4,7H2,1-2H3. The zero-order valence-corrected chi connectivity index (χ0v) is 11.2. The molecule has 1 aliphatic heterocycles. The van der Waals surface area contributed by atoms with E-state index < -0.39 is 0 Å². The Morgan fingerprint density at radius 2 is 2.11 bits per heavy atom. The van der Waals surface area contributed by atoms with Crippen LogP contribution in [0.5, 0.6) is 11.5 Å². The van der Waals surface area contributed by atoms with Crippen LogP contribution in [0.2, 0.25) is 5.02 Å². The minimum atomic E-state index is -0.349. The molecule has 0 aliphatic carbocycles. The van der Waals surface area contributed by atoms with Crippen molar-refractivity contribution in [3.8, 4) is 11.5 Å². The summed E-state index contributed by atoms with van der Waals surface area (Å²) in [6.45, 7) is 0.532. The number of rotatable bonds is 3. The smallest absolute Gasteiger partial charge is 0.166 e. The molecule has 1 saturated heterocycles. The molecule has 5 heteroatoms. The molecule has 1 aromatic rings. The monoisotopic (exact) mass is 272 g/mol. The second-order valence-corrected chi connectivity index (χ2v) is 4.70. The fourth-order valence-electron chi connectivity index (χ4n) is 2.19. The normalized spacial score (nSPS) is 23.8. The van der Waals surface area contributed by atoms with Crippen molar-refractivity contribution in [2.75, 3.05) is 20.8 Å². The molecule has 2 unspecified atom stereocenters. The van der Waals surface area contributed by atoms with Gasteiger partial charge in [0.25, 0.3) is 0 Å². The molecule has 0 radical (unpaired) electrons. The maximum absolute atomic E-state index is 9.72. The number of hydrogen-bond acceptors (Lipinski definition) is 4. The van der Waals surface area contributed by atoms with Crippen molar-refractivity contribution in [1.82, 2.24) is 0 Å². The van der Waals surface area contributed by atoms with E-state index in [1.54, 1.807) is 26.4 Å². The second kappa shape index (κ2) is 5.78. The van der Waals surface area contributed by atoms with Crippen LogP contribution in [0.25, 0.3) is 0 Å². The van der Waals surface area contributed by atoms with E-state index in [1.165, 1.54) is 0 Å². The van der Waals surface area contributed by atoms with Crippen molar-refractivity contribution in [2.45, 2.75) is 25.0 Å². The molecule has 100 valence electrons. The second-order valence-electron chi connectivity index (χ2n) is 4.27. The summed E-state index contributed by atoms with van der Waals surface area (Å²) in [5, 5.41) is 10.3. The predicted molar refractivity (Wildman–Crippen MR) is 68.5 cm³/mol. The van der Waals surface area contributed by atoms with Crippen LogP contribution in [0.4, 0.5) is 0 Å². The summed E-state index contributed by atoms with van der Waals surface area (Å²) in [4.78, 5) is 0. The number of hydrogen-bond donors (Lipinski definition) is 1. The number of halogens is 1. The van der Waals surface area contributed by atoms with Crippen LogP contribution >= 0.6 is 11.6 Å². The van der Waals surface area contributed by atoms with Crippen LogP contribution in [0.3, 0.4) is 0 Å². The van der Waals surface area contributed by atoms with Crippen LogP contribution in [0, 0.1) is 0 Å². The van der Waals surface area contributed by atoms with E-state index in [0.29, 0.717) is 36.0 Å². The third-order valence-electron chi connectivity index (χ3n) is 3.08. The third-order valence-corrected chi connectivity index (χ3v) is 3.29. The topological polar surface area (TPSA) is 47.9 Å². The van der Waals surface area contributed by atoms with Gasteiger partial charge < -0.3 is 19.3 Å². The number of methoxy groups -OCH3 is 2. The molecule has 18 heavy (non-hydrogen) atoms. The Balaban J connectivity index is 2.38. The molecule has 1 fully saturated rings. The Labute approximate surface area is 111 Å². The Morgan fingerprint density at radius 3 is 2.72 bits per heavy atom. The Kier molecular flexibility index (Phi) is 4.32. The van der Waals surface area contributed by atoms with Crippen LogP contribution in [0.15, 0.2) is 12.1 Å². The minimum absolute atomic E-state index is 0.212. The first-order valence-electron chi connectivity index (χ1n) is 5.86. The Bertz CT molecular complexity index is 422. The fourth-order valence-corrected chi connectivity index (χ4v) is 2.41. The molecule has 0 saturated carbocycles.